The summed E-state index contributed by atoms with van der Waals surface area (Å²) in [6.07, 6.45) is 0. The minimum atomic E-state index is 0. The number of rotatable bonds is 0. The summed E-state index contributed by atoms with van der Waals surface area (Å²) < 4.78 is 0. The third-order valence-corrected chi connectivity index (χ3v) is 0. The highest BCUT2D eigenvalue weighted by molar-refractivity contribution is 7.15. The molecule has 0 amide bonds. The first-order chi connectivity index (χ1) is 6.00. The van der Waals surface area contributed by atoms with Crippen LogP contribution in [0.2, 0.25) is 0 Å². The van der Waals surface area contributed by atoms with Crippen molar-refractivity contribution >= 4 is 55.4 Å². The molecule has 15 heavy (non-hydrogen) atoms. The predicted octanol–water partition coefficient (Wildman–Crippen LogP) is 4.86. The third kappa shape index (κ3) is 529. The fourth-order valence-corrected chi connectivity index (χ4v) is 0. The molecule has 108 valence electrons. The van der Waals surface area contributed by atoms with Crippen molar-refractivity contribution in [3.63, 3.8) is 0 Å². The van der Waals surface area contributed by atoms with E-state index in [0.29, 0.717) is 0 Å². The normalized spacial score (nSPS) is 2.40. The van der Waals surface area contributed by atoms with E-state index in [0.717, 1.165) is 0 Å². The Hall–Kier alpha value is 2.58. The fourth-order valence-electron chi connectivity index (χ4n) is 0. The average molecular weight is 336 g/mol. The van der Waals surface area contributed by atoms with Crippen molar-refractivity contribution in [3.05, 3.63) is 0 Å². The maximum atomic E-state index is 2.42. The van der Waals surface area contributed by atoms with Crippen molar-refractivity contribution in [1.29, 1.82) is 0 Å². The minimum absolute atomic E-state index is 0. The molecular weight excluding hydrogens is 294 g/mol. The largest absolute Gasteiger partial charge is 0.141 e. The van der Waals surface area contributed by atoms with Gasteiger partial charge in [0.25, 0.3) is 0 Å². The Kier molecular flexibility index (Phi) is 2650. The average Bonchev–Trinajstić information content (AvgIpc) is 2.33. The second kappa shape index (κ2) is 605. The molecular formula is C9H42P6. The van der Waals surface area contributed by atoms with Crippen LogP contribution in [-0.2, 0) is 0 Å². The summed E-state index contributed by atoms with van der Waals surface area (Å²) in [7, 11) is 14.5. The second-order valence-electron chi connectivity index (χ2n) is 0. The van der Waals surface area contributed by atoms with Gasteiger partial charge in [-0.05, 0) is 0 Å². The van der Waals surface area contributed by atoms with E-state index in [4.69, 9.17) is 0 Å². The first kappa shape index (κ1) is 65.6. The first-order valence-electron chi connectivity index (χ1n) is 3.46. The van der Waals surface area contributed by atoms with Gasteiger partial charge >= 0.3 is 0 Å². The van der Waals surface area contributed by atoms with Crippen LogP contribution in [-0.4, -0.2) is 40.0 Å². The maximum Gasteiger partial charge on any atom is -0.0500 e. The van der Waals surface area contributed by atoms with Gasteiger partial charge in [-0.15, -0.1) is 55.4 Å². The van der Waals surface area contributed by atoms with Gasteiger partial charge in [0.2, 0.25) is 0 Å². The van der Waals surface area contributed by atoms with Crippen molar-refractivity contribution in [2.45, 2.75) is 22.3 Å². The standard InChI is InChI=1S/6CH5P.3CH4/c6*1-2;;;/h6*2H2,1H3;3*1H4. The zero-order valence-corrected chi connectivity index (χ0v) is 16.4. The van der Waals surface area contributed by atoms with Crippen molar-refractivity contribution in [2.24, 2.45) is 0 Å². The van der Waals surface area contributed by atoms with E-state index in [2.05, 4.69) is 55.4 Å². The summed E-state index contributed by atoms with van der Waals surface area (Å²) in [6, 6.07) is 0. The van der Waals surface area contributed by atoms with Crippen LogP contribution in [0.15, 0.2) is 0 Å². The Bertz CT molecular complexity index is 14.6. The Morgan fingerprint density at radius 3 is 0.267 bits per heavy atom. The minimum Gasteiger partial charge on any atom is -0.141 e. The van der Waals surface area contributed by atoms with Crippen LogP contribution in [0.4, 0.5) is 0 Å². The van der Waals surface area contributed by atoms with Gasteiger partial charge in [0.05, 0.1) is 0 Å². The predicted molar refractivity (Wildman–Crippen MR) is 114 cm³/mol. The van der Waals surface area contributed by atoms with Crippen LogP contribution < -0.4 is 0 Å². The first-order valence-corrected chi connectivity index (χ1v) is 10.4. The lowest BCUT2D eigenvalue weighted by Crippen LogP contribution is -0.804. The molecule has 0 heterocycles. The Balaban J connectivity index is -0.00000000396. The van der Waals surface area contributed by atoms with Crippen LogP contribution in [0.1, 0.15) is 22.3 Å². The zero-order chi connectivity index (χ0) is 12.0. The molecule has 0 spiro atoms. The Morgan fingerprint density at radius 1 is 0.267 bits per heavy atom. The molecule has 0 aliphatic rings. The molecule has 0 aliphatic carbocycles. The topological polar surface area (TPSA) is 0 Å². The fraction of sp³-hybridized carbons (Fsp3) is 1.00. The van der Waals surface area contributed by atoms with Gasteiger partial charge in [0.15, 0.2) is 0 Å². The van der Waals surface area contributed by atoms with Crippen molar-refractivity contribution < 1.29 is 0 Å². The summed E-state index contributed by atoms with van der Waals surface area (Å²) in [5.74, 6) is 0. The van der Waals surface area contributed by atoms with E-state index >= 15 is 0 Å². The number of hydrogen-bond acceptors (Lipinski definition) is 0. The molecule has 0 saturated carbocycles. The van der Waals surface area contributed by atoms with Gasteiger partial charge < -0.3 is 0 Å². The van der Waals surface area contributed by atoms with E-state index in [1.54, 1.807) is 0 Å². The van der Waals surface area contributed by atoms with Crippen LogP contribution in [0.25, 0.3) is 0 Å². The van der Waals surface area contributed by atoms with E-state index < -0.39 is 0 Å². The molecule has 0 fully saturated rings. The van der Waals surface area contributed by atoms with Crippen LogP contribution in [0.5, 0.6) is 0 Å². The summed E-state index contributed by atoms with van der Waals surface area (Å²) >= 11 is 0. The molecule has 0 bridgehead atoms. The van der Waals surface area contributed by atoms with Gasteiger partial charge in [0, 0.05) is 0 Å². The molecule has 6 heteroatoms. The SMILES string of the molecule is C.C.C.CP.CP.CP.CP.CP.CP. The van der Waals surface area contributed by atoms with Gasteiger partial charge in [-0.1, -0.05) is 62.3 Å². The molecule has 0 aromatic heterocycles. The second-order valence-corrected chi connectivity index (χ2v) is 0. The maximum absolute atomic E-state index is 2.42. The summed E-state index contributed by atoms with van der Waals surface area (Å²) in [5, 5.41) is 0. The lowest BCUT2D eigenvalue weighted by molar-refractivity contribution is 2.50. The highest BCUT2D eigenvalue weighted by atomic mass is 31.0. The van der Waals surface area contributed by atoms with Gasteiger partial charge in [-0.2, -0.15) is 0 Å². The van der Waals surface area contributed by atoms with Gasteiger partial charge in [0.1, 0.15) is 0 Å². The van der Waals surface area contributed by atoms with E-state index in [1.807, 2.05) is 40.0 Å². The van der Waals surface area contributed by atoms with E-state index in [-0.39, 0.29) is 22.3 Å². The molecule has 0 aromatic rings. The highest BCUT2D eigenvalue weighted by Gasteiger charge is 0.916. The molecule has 0 aromatic carbocycles. The highest BCUT2D eigenvalue weighted by Crippen LogP contribution is 1.47. The molecule has 6 unspecified atom stereocenters. The quantitative estimate of drug-likeness (QED) is 0.555. The van der Waals surface area contributed by atoms with Crippen molar-refractivity contribution in [2.75, 3.05) is 40.0 Å². The molecule has 0 rings (SSSR count). The van der Waals surface area contributed by atoms with Gasteiger partial charge in [-0.3, -0.25) is 0 Å². The van der Waals surface area contributed by atoms with Crippen LogP contribution >= 0.6 is 55.4 Å². The lowest BCUT2D eigenvalue weighted by Gasteiger charge is -1.10. The molecule has 0 N–H and O–H groups in total. The molecule has 0 nitrogen and oxygen atoms in total. The zero-order valence-electron chi connectivity index (χ0n) is 9.46. The third-order valence-electron chi connectivity index (χ3n) is 0. The summed E-state index contributed by atoms with van der Waals surface area (Å²) in [5.41, 5.74) is 0. The molecule has 0 radical (unpaired) electrons. The molecule has 6 atom stereocenters. The summed E-state index contributed by atoms with van der Waals surface area (Å²) in [4.78, 5) is 0. The monoisotopic (exact) mass is 336 g/mol. The smallest absolute Gasteiger partial charge is 0.0500 e. The van der Waals surface area contributed by atoms with Crippen molar-refractivity contribution in [3.8, 4) is 0 Å². The van der Waals surface area contributed by atoms with Crippen LogP contribution in [0, 0.1) is 0 Å². The lowest BCUT2D eigenvalue weighted by atomic mass is 12.0. The van der Waals surface area contributed by atoms with E-state index in [9.17, 15) is 0 Å². The van der Waals surface area contributed by atoms with Crippen molar-refractivity contribution in [1.82, 2.24) is 0 Å². The Labute approximate surface area is 118 Å². The number of hydrogen-bond donors (Lipinski definition) is 0. The van der Waals surface area contributed by atoms with Gasteiger partial charge in [-0.25, -0.2) is 0 Å². The molecule has 0 saturated heterocycles. The van der Waals surface area contributed by atoms with E-state index in [1.165, 1.54) is 0 Å². The van der Waals surface area contributed by atoms with Crippen LogP contribution in [0.3, 0.4) is 0 Å². The molecule has 0 aliphatic heterocycles. The summed E-state index contributed by atoms with van der Waals surface area (Å²) in [6.45, 7) is 11.5. The Morgan fingerprint density at radius 2 is 0.267 bits per heavy atom.